The Kier molecular flexibility index (Phi) is 5.70. The van der Waals surface area contributed by atoms with Crippen molar-refractivity contribution in [3.8, 4) is 0 Å². The van der Waals surface area contributed by atoms with Crippen molar-refractivity contribution in [3.63, 3.8) is 0 Å². The zero-order valence-electron chi connectivity index (χ0n) is 9.62. The molecule has 1 rings (SSSR count). The van der Waals surface area contributed by atoms with Gasteiger partial charge in [0, 0.05) is 6.20 Å². The summed E-state index contributed by atoms with van der Waals surface area (Å²) >= 11 is 11.6. The number of halogens is 2. The van der Waals surface area contributed by atoms with Crippen LogP contribution in [-0.2, 0) is 15.6 Å². The van der Waals surface area contributed by atoms with E-state index in [0.29, 0.717) is 22.2 Å². The molecule has 0 spiro atoms. The van der Waals surface area contributed by atoms with Gasteiger partial charge in [-0.15, -0.1) is 0 Å². The molecule has 1 aromatic rings. The summed E-state index contributed by atoms with van der Waals surface area (Å²) in [6.45, 7) is 2.03. The smallest absolute Gasteiger partial charge is 0.156 e. The fourth-order valence-electron chi connectivity index (χ4n) is 1.40. The topological polar surface area (TPSA) is 47.0 Å². The van der Waals surface area contributed by atoms with Crippen LogP contribution in [0.5, 0.6) is 0 Å². The molecular weight excluding hydrogens is 281 g/mol. The molecule has 0 saturated carbocycles. The standard InChI is InChI=1S/C11H15Cl2NO2S/c1-2-3-4-5-17(15,16)8-11-10(13)6-9(12)7-14-11/h6-7H,2-5,8H2,1H3. The van der Waals surface area contributed by atoms with Crippen molar-refractivity contribution in [2.24, 2.45) is 0 Å². The lowest BCUT2D eigenvalue weighted by Gasteiger charge is -2.05. The van der Waals surface area contributed by atoms with Gasteiger partial charge >= 0.3 is 0 Å². The van der Waals surface area contributed by atoms with Gasteiger partial charge < -0.3 is 0 Å². The predicted octanol–water partition coefficient (Wildman–Crippen LogP) is 3.49. The van der Waals surface area contributed by atoms with Crippen LogP contribution in [0.25, 0.3) is 0 Å². The number of rotatable bonds is 6. The normalized spacial score (nSPS) is 11.7. The van der Waals surface area contributed by atoms with Gasteiger partial charge in [0.25, 0.3) is 0 Å². The molecule has 0 amide bonds. The SMILES string of the molecule is CCCCCS(=O)(=O)Cc1ncc(Cl)cc1Cl. The first-order valence-corrected chi connectivity index (χ1v) is 8.02. The summed E-state index contributed by atoms with van der Waals surface area (Å²) < 4.78 is 23.6. The van der Waals surface area contributed by atoms with Gasteiger partial charge in [0.05, 0.1) is 27.2 Å². The van der Waals surface area contributed by atoms with Gasteiger partial charge in [-0.1, -0.05) is 43.0 Å². The Morgan fingerprint density at radius 1 is 1.29 bits per heavy atom. The Morgan fingerprint density at radius 3 is 2.59 bits per heavy atom. The number of sulfone groups is 1. The van der Waals surface area contributed by atoms with Crippen molar-refractivity contribution in [3.05, 3.63) is 28.0 Å². The molecule has 0 aliphatic rings. The maximum atomic E-state index is 11.8. The molecule has 0 aliphatic carbocycles. The number of aromatic nitrogens is 1. The Bertz CT molecular complexity index is 474. The number of nitrogens with zero attached hydrogens (tertiary/aromatic N) is 1. The first kappa shape index (κ1) is 14.7. The Hall–Kier alpha value is -0.320. The highest BCUT2D eigenvalue weighted by atomic mass is 35.5. The average molecular weight is 296 g/mol. The molecule has 0 aliphatic heterocycles. The summed E-state index contributed by atoms with van der Waals surface area (Å²) in [6.07, 6.45) is 4.00. The number of hydrogen-bond donors (Lipinski definition) is 0. The van der Waals surface area contributed by atoms with E-state index in [9.17, 15) is 8.42 Å². The number of unbranched alkanes of at least 4 members (excludes halogenated alkanes) is 2. The van der Waals surface area contributed by atoms with E-state index in [4.69, 9.17) is 23.2 Å². The van der Waals surface area contributed by atoms with E-state index < -0.39 is 9.84 Å². The number of pyridine rings is 1. The van der Waals surface area contributed by atoms with Crippen LogP contribution in [0.2, 0.25) is 10.0 Å². The van der Waals surface area contributed by atoms with Crippen LogP contribution >= 0.6 is 23.2 Å². The van der Waals surface area contributed by atoms with Gasteiger partial charge in [-0.05, 0) is 12.5 Å². The highest BCUT2D eigenvalue weighted by Crippen LogP contribution is 2.20. The lowest BCUT2D eigenvalue weighted by molar-refractivity contribution is 0.589. The van der Waals surface area contributed by atoms with Gasteiger partial charge in [0.1, 0.15) is 0 Å². The molecule has 17 heavy (non-hydrogen) atoms. The summed E-state index contributed by atoms with van der Waals surface area (Å²) in [5.74, 6) is 0.0637. The lowest BCUT2D eigenvalue weighted by Crippen LogP contribution is -2.10. The largest absolute Gasteiger partial charge is 0.257 e. The highest BCUT2D eigenvalue weighted by Gasteiger charge is 2.15. The zero-order valence-corrected chi connectivity index (χ0v) is 11.9. The summed E-state index contributed by atoms with van der Waals surface area (Å²) in [7, 11) is -3.13. The maximum absolute atomic E-state index is 11.8. The molecule has 1 heterocycles. The highest BCUT2D eigenvalue weighted by molar-refractivity contribution is 7.90. The van der Waals surface area contributed by atoms with E-state index in [1.54, 1.807) is 0 Å². The summed E-state index contributed by atoms with van der Waals surface area (Å²) in [5, 5.41) is 0.707. The second kappa shape index (κ2) is 6.57. The molecule has 6 heteroatoms. The Labute approximate surface area is 112 Å². The summed E-state index contributed by atoms with van der Waals surface area (Å²) in [5.41, 5.74) is 0.368. The van der Waals surface area contributed by atoms with Crippen LogP contribution in [0.15, 0.2) is 12.3 Å². The maximum Gasteiger partial charge on any atom is 0.156 e. The van der Waals surface area contributed by atoms with Crippen molar-refractivity contribution >= 4 is 33.0 Å². The molecule has 0 atom stereocenters. The summed E-state index contributed by atoms with van der Waals surface area (Å²) in [6, 6.07) is 1.51. The molecule has 0 radical (unpaired) electrons. The summed E-state index contributed by atoms with van der Waals surface area (Å²) in [4.78, 5) is 3.95. The molecule has 0 unspecified atom stereocenters. The van der Waals surface area contributed by atoms with Crippen molar-refractivity contribution < 1.29 is 8.42 Å². The minimum absolute atomic E-state index is 0.118. The molecule has 0 bridgehead atoms. The van der Waals surface area contributed by atoms with Gasteiger partial charge in [0.2, 0.25) is 0 Å². The monoisotopic (exact) mass is 295 g/mol. The van der Waals surface area contributed by atoms with Crippen molar-refractivity contribution in [1.82, 2.24) is 4.98 Å². The molecule has 3 nitrogen and oxygen atoms in total. The van der Waals surface area contributed by atoms with Gasteiger partial charge in [0.15, 0.2) is 9.84 Å². The second-order valence-corrected chi connectivity index (χ2v) is 6.91. The molecule has 0 N–H and O–H groups in total. The van der Waals surface area contributed by atoms with E-state index >= 15 is 0 Å². The van der Waals surface area contributed by atoms with Gasteiger partial charge in [-0.3, -0.25) is 4.98 Å². The van der Waals surface area contributed by atoms with Crippen LogP contribution in [-0.4, -0.2) is 19.2 Å². The predicted molar refractivity (Wildman–Crippen MR) is 71.3 cm³/mol. The van der Waals surface area contributed by atoms with E-state index in [-0.39, 0.29) is 11.5 Å². The van der Waals surface area contributed by atoms with E-state index in [0.717, 1.165) is 12.8 Å². The zero-order chi connectivity index (χ0) is 12.9. The molecular formula is C11H15Cl2NO2S. The molecule has 96 valence electrons. The van der Waals surface area contributed by atoms with Crippen molar-refractivity contribution in [1.29, 1.82) is 0 Å². The molecule has 0 fully saturated rings. The molecule has 0 saturated heterocycles. The van der Waals surface area contributed by atoms with Crippen LogP contribution in [0, 0.1) is 0 Å². The van der Waals surface area contributed by atoms with Crippen LogP contribution in [0.4, 0.5) is 0 Å². The van der Waals surface area contributed by atoms with Gasteiger partial charge in [-0.25, -0.2) is 8.42 Å². The Balaban J connectivity index is 2.69. The van der Waals surface area contributed by atoms with Gasteiger partial charge in [-0.2, -0.15) is 0 Å². The fourth-order valence-corrected chi connectivity index (χ4v) is 3.36. The Morgan fingerprint density at radius 2 is 2.00 bits per heavy atom. The van der Waals surface area contributed by atoms with Crippen LogP contribution in [0.1, 0.15) is 31.9 Å². The minimum Gasteiger partial charge on any atom is -0.257 e. The van der Waals surface area contributed by atoms with Crippen LogP contribution in [0.3, 0.4) is 0 Å². The second-order valence-electron chi connectivity index (χ2n) is 3.88. The first-order chi connectivity index (χ1) is 7.94. The van der Waals surface area contributed by atoms with E-state index in [2.05, 4.69) is 4.98 Å². The third-order valence-corrected chi connectivity index (χ3v) is 4.46. The van der Waals surface area contributed by atoms with Crippen LogP contribution < -0.4 is 0 Å². The third kappa shape index (κ3) is 5.23. The van der Waals surface area contributed by atoms with Crippen molar-refractivity contribution in [2.75, 3.05) is 5.75 Å². The number of hydrogen-bond acceptors (Lipinski definition) is 3. The van der Waals surface area contributed by atoms with Crippen molar-refractivity contribution in [2.45, 2.75) is 31.9 Å². The van der Waals surface area contributed by atoms with E-state index in [1.807, 2.05) is 6.92 Å². The molecule has 1 aromatic heterocycles. The third-order valence-electron chi connectivity index (χ3n) is 2.30. The average Bonchev–Trinajstić information content (AvgIpc) is 2.22. The molecule has 0 aromatic carbocycles. The minimum atomic E-state index is -3.13. The first-order valence-electron chi connectivity index (χ1n) is 5.45. The lowest BCUT2D eigenvalue weighted by atomic mass is 10.3. The van der Waals surface area contributed by atoms with E-state index in [1.165, 1.54) is 12.3 Å². The fraction of sp³-hybridized carbons (Fsp3) is 0.545. The quantitative estimate of drug-likeness (QED) is 0.755.